The van der Waals surface area contributed by atoms with Gasteiger partial charge in [-0.1, -0.05) is 117 Å². The van der Waals surface area contributed by atoms with Crippen LogP contribution in [0.1, 0.15) is 142 Å². The van der Waals surface area contributed by atoms with Crippen molar-refractivity contribution in [1.29, 1.82) is 0 Å². The van der Waals surface area contributed by atoms with Gasteiger partial charge in [-0.15, -0.1) is 0 Å². The van der Waals surface area contributed by atoms with E-state index in [2.05, 4.69) is 35.0 Å². The molecule has 0 heterocycles. The predicted molar refractivity (Wildman–Crippen MR) is 147 cm³/mol. The molecule has 0 amide bonds. The predicted octanol–water partition coefficient (Wildman–Crippen LogP) is 7.99. The molecule has 1 unspecified atom stereocenters. The Bertz CT molecular complexity index is 501. The van der Waals surface area contributed by atoms with E-state index in [9.17, 15) is 9.59 Å². The van der Waals surface area contributed by atoms with Crippen LogP contribution in [0, 0.1) is 0 Å². The summed E-state index contributed by atoms with van der Waals surface area (Å²) in [6.45, 7) is 5.28. The molecule has 5 heteroatoms. The molecule has 0 aromatic heterocycles. The van der Waals surface area contributed by atoms with Crippen molar-refractivity contribution in [2.45, 2.75) is 148 Å². The minimum atomic E-state index is -0.381. The van der Waals surface area contributed by atoms with E-state index in [4.69, 9.17) is 9.47 Å². The van der Waals surface area contributed by atoms with Gasteiger partial charge in [0.25, 0.3) is 0 Å². The number of ether oxygens (including phenoxy) is 2. The number of unbranched alkanes of at least 4 members (excludes halogenated alkanes) is 16. The summed E-state index contributed by atoms with van der Waals surface area (Å²) >= 11 is 0. The number of quaternary nitrogens is 1. The minimum absolute atomic E-state index is 0.162. The number of nitrogens with zero attached hydrogens (tertiary/aromatic N) is 1. The zero-order valence-corrected chi connectivity index (χ0v) is 24.2. The Balaban J connectivity index is 4.01. The highest BCUT2D eigenvalue weighted by molar-refractivity contribution is 5.70. The maximum atomic E-state index is 12.4. The van der Waals surface area contributed by atoms with E-state index in [1.165, 1.54) is 89.9 Å². The molecule has 0 aromatic carbocycles. The molecular weight excluding hydrogens is 438 g/mol. The number of carbonyl (C=O) groups excluding carboxylic acids is 2. The normalized spacial score (nSPS) is 12.5. The number of likely N-dealkylation sites (N-methyl/N-ethyl adjacent to an activating group) is 1. The van der Waals surface area contributed by atoms with Gasteiger partial charge in [0.05, 0.1) is 21.1 Å². The van der Waals surface area contributed by atoms with Crippen LogP contribution in [0.2, 0.25) is 0 Å². The fraction of sp³-hybridized carbons (Fsp3) is 0.933. The van der Waals surface area contributed by atoms with Crippen molar-refractivity contribution >= 4 is 11.9 Å². The third-order valence-corrected chi connectivity index (χ3v) is 6.45. The highest BCUT2D eigenvalue weighted by Crippen LogP contribution is 2.13. The highest BCUT2D eigenvalue weighted by atomic mass is 16.6. The van der Waals surface area contributed by atoms with E-state index in [0.29, 0.717) is 23.9 Å². The van der Waals surface area contributed by atoms with Crippen LogP contribution in [0.15, 0.2) is 0 Å². The third kappa shape index (κ3) is 25.8. The van der Waals surface area contributed by atoms with Crippen molar-refractivity contribution in [3.63, 3.8) is 0 Å². The zero-order valence-electron chi connectivity index (χ0n) is 24.2. The van der Waals surface area contributed by atoms with Crippen molar-refractivity contribution in [1.82, 2.24) is 0 Å². The molecule has 35 heavy (non-hydrogen) atoms. The van der Waals surface area contributed by atoms with E-state index < -0.39 is 0 Å². The van der Waals surface area contributed by atoms with Gasteiger partial charge < -0.3 is 14.0 Å². The first-order valence-corrected chi connectivity index (χ1v) is 14.9. The van der Waals surface area contributed by atoms with Crippen LogP contribution in [0.5, 0.6) is 0 Å². The van der Waals surface area contributed by atoms with Gasteiger partial charge in [0.1, 0.15) is 13.2 Å². The molecule has 0 bridgehead atoms. The van der Waals surface area contributed by atoms with Crippen molar-refractivity contribution in [2.75, 3.05) is 34.3 Å². The Kier molecular flexibility index (Phi) is 22.6. The summed E-state index contributed by atoms with van der Waals surface area (Å²) in [5, 5.41) is 0. The second kappa shape index (κ2) is 23.3. The molecule has 0 radical (unpaired) electrons. The van der Waals surface area contributed by atoms with Crippen molar-refractivity contribution in [3.8, 4) is 0 Å². The summed E-state index contributed by atoms with van der Waals surface area (Å²) in [4.78, 5) is 24.6. The maximum absolute atomic E-state index is 12.4. The molecule has 0 saturated heterocycles. The van der Waals surface area contributed by atoms with Gasteiger partial charge in [-0.05, 0) is 12.8 Å². The van der Waals surface area contributed by atoms with Gasteiger partial charge in [0, 0.05) is 12.8 Å². The molecular formula is C30H60NO4+. The molecule has 0 saturated carbocycles. The molecule has 0 aliphatic rings. The van der Waals surface area contributed by atoms with Crippen LogP contribution in [-0.4, -0.2) is 56.8 Å². The van der Waals surface area contributed by atoms with Crippen LogP contribution in [-0.2, 0) is 19.1 Å². The molecule has 0 aromatic rings. The van der Waals surface area contributed by atoms with Gasteiger partial charge in [0.15, 0.2) is 6.10 Å². The second-order valence-corrected chi connectivity index (χ2v) is 11.4. The summed E-state index contributed by atoms with van der Waals surface area (Å²) in [7, 11) is 6.18. The van der Waals surface area contributed by atoms with Crippen molar-refractivity contribution < 1.29 is 23.5 Å². The standard InChI is InChI=1S/C30H60NO4/c1-6-8-10-12-14-16-18-20-22-24-29(32)34-27-28(26-31(3,4)5)35-30(33)25-23-21-19-17-15-13-11-9-7-2/h28H,6-27H2,1-5H3/q+1. The molecule has 0 fully saturated rings. The average molecular weight is 499 g/mol. The van der Waals surface area contributed by atoms with Crippen LogP contribution in [0.25, 0.3) is 0 Å². The van der Waals surface area contributed by atoms with E-state index in [1.807, 2.05) is 0 Å². The minimum Gasteiger partial charge on any atom is -0.461 e. The Morgan fingerprint density at radius 1 is 0.571 bits per heavy atom. The zero-order chi connectivity index (χ0) is 26.2. The molecule has 0 spiro atoms. The lowest BCUT2D eigenvalue weighted by molar-refractivity contribution is -0.873. The molecule has 0 rings (SSSR count). The van der Waals surface area contributed by atoms with Crippen molar-refractivity contribution in [3.05, 3.63) is 0 Å². The fourth-order valence-corrected chi connectivity index (χ4v) is 4.40. The van der Waals surface area contributed by atoms with Gasteiger partial charge in [0.2, 0.25) is 0 Å². The average Bonchev–Trinajstić information content (AvgIpc) is 2.79. The lowest BCUT2D eigenvalue weighted by Gasteiger charge is -2.28. The van der Waals surface area contributed by atoms with Gasteiger partial charge in [-0.25, -0.2) is 0 Å². The first-order valence-electron chi connectivity index (χ1n) is 14.9. The van der Waals surface area contributed by atoms with Gasteiger partial charge >= 0.3 is 11.9 Å². The Labute approximate surface area is 218 Å². The van der Waals surface area contributed by atoms with E-state index in [-0.39, 0.29) is 24.6 Å². The third-order valence-electron chi connectivity index (χ3n) is 6.45. The monoisotopic (exact) mass is 498 g/mol. The Morgan fingerprint density at radius 3 is 1.34 bits per heavy atom. The molecule has 5 nitrogen and oxygen atoms in total. The van der Waals surface area contributed by atoms with E-state index in [1.54, 1.807) is 0 Å². The van der Waals surface area contributed by atoms with Crippen molar-refractivity contribution in [2.24, 2.45) is 0 Å². The largest absolute Gasteiger partial charge is 0.461 e. The topological polar surface area (TPSA) is 52.6 Å². The van der Waals surface area contributed by atoms with Crippen LogP contribution >= 0.6 is 0 Å². The summed E-state index contributed by atoms with van der Waals surface area (Å²) in [6.07, 6.45) is 22.6. The quantitative estimate of drug-likeness (QED) is 0.0727. The molecule has 0 aliphatic carbocycles. The molecule has 1 atom stereocenters. The van der Waals surface area contributed by atoms with Gasteiger partial charge in [-0.3, -0.25) is 9.59 Å². The first kappa shape index (κ1) is 33.9. The van der Waals surface area contributed by atoms with E-state index in [0.717, 1.165) is 25.7 Å². The molecule has 0 aliphatic heterocycles. The van der Waals surface area contributed by atoms with E-state index >= 15 is 0 Å². The number of hydrogen-bond donors (Lipinski definition) is 0. The highest BCUT2D eigenvalue weighted by Gasteiger charge is 2.23. The summed E-state index contributed by atoms with van der Waals surface area (Å²) in [5.41, 5.74) is 0. The number of rotatable bonds is 25. The molecule has 0 N–H and O–H groups in total. The lowest BCUT2D eigenvalue weighted by atomic mass is 10.1. The maximum Gasteiger partial charge on any atom is 0.306 e. The second-order valence-electron chi connectivity index (χ2n) is 11.4. The van der Waals surface area contributed by atoms with Crippen LogP contribution in [0.3, 0.4) is 0 Å². The lowest BCUT2D eigenvalue weighted by Crippen LogP contribution is -2.45. The SMILES string of the molecule is CCCCCCCCCCCC(=O)OCC(C[N+](C)(C)C)OC(=O)CCCCCCCCCCC. The van der Waals surface area contributed by atoms with Crippen LogP contribution < -0.4 is 0 Å². The Morgan fingerprint density at radius 2 is 0.943 bits per heavy atom. The summed E-state index contributed by atoms with van der Waals surface area (Å²) in [5.74, 6) is -0.337. The smallest absolute Gasteiger partial charge is 0.306 e. The number of carbonyl (C=O) groups is 2. The Hall–Kier alpha value is -1.10. The summed E-state index contributed by atoms with van der Waals surface area (Å²) < 4.78 is 11.9. The molecule has 208 valence electrons. The van der Waals surface area contributed by atoms with Gasteiger partial charge in [-0.2, -0.15) is 0 Å². The van der Waals surface area contributed by atoms with Crippen LogP contribution in [0.4, 0.5) is 0 Å². The summed E-state index contributed by atoms with van der Waals surface area (Å²) in [6, 6.07) is 0. The number of esters is 2. The number of hydrogen-bond acceptors (Lipinski definition) is 4. The first-order chi connectivity index (χ1) is 16.8. The fourth-order valence-electron chi connectivity index (χ4n) is 4.40.